The Hall–Kier alpha value is -1.72. The van der Waals surface area contributed by atoms with E-state index in [2.05, 4.69) is 52.9 Å². The molecule has 4 heterocycles. The molecule has 2 amide bonds. The molecule has 194 valence electrons. The predicted molar refractivity (Wildman–Crippen MR) is 141 cm³/mol. The summed E-state index contributed by atoms with van der Waals surface area (Å²) in [7, 11) is 1.81. The van der Waals surface area contributed by atoms with E-state index in [4.69, 9.17) is 14.6 Å². The van der Waals surface area contributed by atoms with Crippen LogP contribution in [0.15, 0.2) is 0 Å². The minimum absolute atomic E-state index is 0.183. The van der Waals surface area contributed by atoms with Gasteiger partial charge >= 0.3 is 12.2 Å². The highest BCUT2D eigenvalue weighted by atomic mass is 127. The number of nitrogens with zero attached hydrogens (tertiary/aromatic N) is 5. The molecular formula is C25H38IN5O4. The molecule has 0 aromatic carbocycles. The summed E-state index contributed by atoms with van der Waals surface area (Å²) in [4.78, 5) is 30.3. The molecule has 1 aromatic rings. The van der Waals surface area contributed by atoms with Crippen LogP contribution < -0.4 is 4.90 Å². The molecule has 4 fully saturated rings. The highest BCUT2D eigenvalue weighted by molar-refractivity contribution is 14.1. The third kappa shape index (κ3) is 4.27. The normalized spacial score (nSPS) is 27.8. The fourth-order valence-electron chi connectivity index (χ4n) is 6.60. The highest BCUT2D eigenvalue weighted by Gasteiger charge is 2.56. The predicted octanol–water partition coefficient (Wildman–Crippen LogP) is 4.57. The van der Waals surface area contributed by atoms with Gasteiger partial charge in [-0.05, 0) is 77.0 Å². The van der Waals surface area contributed by atoms with Crippen molar-refractivity contribution >= 4 is 40.6 Å². The Bertz CT molecular complexity index is 1050. The standard InChI is InChI=1S/C25H38IN5O4/c1-16-18(26)19(30-9-8-25(12-23(30,5)6)15-28(7)20(32)35-25)27-31(16)17-10-24(11-17)13-29(14-24)21(33)34-22(2,3)4/h17H,8-15H2,1-7H3. The van der Waals surface area contributed by atoms with E-state index in [0.717, 1.165) is 51.1 Å². The van der Waals surface area contributed by atoms with Crippen molar-refractivity contribution in [3.63, 3.8) is 0 Å². The summed E-state index contributed by atoms with van der Waals surface area (Å²) >= 11 is 2.43. The molecule has 1 saturated carbocycles. The zero-order valence-corrected chi connectivity index (χ0v) is 24.1. The summed E-state index contributed by atoms with van der Waals surface area (Å²) in [6, 6.07) is 0.363. The van der Waals surface area contributed by atoms with Crippen molar-refractivity contribution in [1.82, 2.24) is 19.6 Å². The van der Waals surface area contributed by atoms with Gasteiger partial charge in [-0.25, -0.2) is 9.59 Å². The second-order valence-corrected chi connectivity index (χ2v) is 13.9. The van der Waals surface area contributed by atoms with Crippen molar-refractivity contribution in [2.75, 3.05) is 38.1 Å². The molecule has 1 atom stereocenters. The smallest absolute Gasteiger partial charge is 0.410 e. The molecule has 2 spiro atoms. The van der Waals surface area contributed by atoms with Gasteiger partial charge in [-0.15, -0.1) is 0 Å². The summed E-state index contributed by atoms with van der Waals surface area (Å²) in [5.74, 6) is 1.03. The van der Waals surface area contributed by atoms with Crippen LogP contribution in [0, 0.1) is 15.9 Å². The number of likely N-dealkylation sites (N-methyl/N-ethyl adjacent to an activating group) is 1. The minimum atomic E-state index is -0.460. The Balaban J connectivity index is 1.25. The first-order chi connectivity index (χ1) is 16.1. The monoisotopic (exact) mass is 599 g/mol. The maximum Gasteiger partial charge on any atom is 0.410 e. The quantitative estimate of drug-likeness (QED) is 0.464. The van der Waals surface area contributed by atoms with Crippen LogP contribution in [0.5, 0.6) is 0 Å². The molecular weight excluding hydrogens is 561 g/mol. The number of rotatable bonds is 2. The Morgan fingerprint density at radius 3 is 2.40 bits per heavy atom. The number of likely N-dealkylation sites (tertiary alicyclic amines) is 1. The van der Waals surface area contributed by atoms with Crippen molar-refractivity contribution < 1.29 is 19.1 Å². The number of aromatic nitrogens is 2. The molecule has 35 heavy (non-hydrogen) atoms. The van der Waals surface area contributed by atoms with Crippen LogP contribution in [0.4, 0.5) is 15.4 Å². The van der Waals surface area contributed by atoms with Gasteiger partial charge in [0, 0.05) is 50.5 Å². The number of piperidine rings is 1. The molecule has 1 aromatic heterocycles. The van der Waals surface area contributed by atoms with Crippen LogP contribution >= 0.6 is 22.6 Å². The van der Waals surface area contributed by atoms with Crippen molar-refractivity contribution in [3.05, 3.63) is 9.26 Å². The molecule has 1 aliphatic carbocycles. The van der Waals surface area contributed by atoms with E-state index < -0.39 is 11.2 Å². The van der Waals surface area contributed by atoms with Gasteiger partial charge in [0.25, 0.3) is 0 Å². The van der Waals surface area contributed by atoms with Gasteiger partial charge in [-0.1, -0.05) is 0 Å². The van der Waals surface area contributed by atoms with E-state index in [1.807, 2.05) is 32.7 Å². The first-order valence-electron chi connectivity index (χ1n) is 12.6. The summed E-state index contributed by atoms with van der Waals surface area (Å²) in [6.07, 6.45) is 3.25. The second-order valence-electron chi connectivity index (χ2n) is 12.9. The molecule has 1 unspecified atom stereocenters. The van der Waals surface area contributed by atoms with Crippen molar-refractivity contribution in [3.8, 4) is 0 Å². The Kier molecular flexibility index (Phi) is 5.62. The summed E-state index contributed by atoms with van der Waals surface area (Å²) in [5, 5.41) is 5.13. The lowest BCUT2D eigenvalue weighted by molar-refractivity contribution is -0.0931. The van der Waals surface area contributed by atoms with Gasteiger partial charge in [0.15, 0.2) is 5.82 Å². The van der Waals surface area contributed by atoms with Gasteiger partial charge in [-0.2, -0.15) is 5.10 Å². The zero-order chi connectivity index (χ0) is 25.6. The molecule has 0 N–H and O–H groups in total. The lowest BCUT2D eigenvalue weighted by Gasteiger charge is -2.58. The first-order valence-corrected chi connectivity index (χ1v) is 13.6. The Morgan fingerprint density at radius 1 is 1.20 bits per heavy atom. The van der Waals surface area contributed by atoms with Crippen LogP contribution in [-0.4, -0.2) is 81.7 Å². The van der Waals surface area contributed by atoms with Crippen molar-refractivity contribution in [2.45, 2.75) is 90.0 Å². The number of carbonyl (C=O) groups is 2. The number of hydrogen-bond donors (Lipinski definition) is 0. The fourth-order valence-corrected chi connectivity index (χ4v) is 7.24. The van der Waals surface area contributed by atoms with E-state index in [0.29, 0.717) is 12.6 Å². The van der Waals surface area contributed by atoms with E-state index >= 15 is 0 Å². The average Bonchev–Trinajstić information content (AvgIpc) is 3.07. The maximum atomic E-state index is 12.3. The van der Waals surface area contributed by atoms with Gasteiger partial charge < -0.3 is 24.2 Å². The molecule has 4 aliphatic rings. The maximum absolute atomic E-state index is 12.3. The average molecular weight is 600 g/mol. The molecule has 10 heteroatoms. The SMILES string of the molecule is Cc1c(I)c(N2CCC3(CN(C)C(=O)O3)CC2(C)C)nn1C1CC2(C1)CN(C(=O)OC(C)(C)C)C2. The first kappa shape index (κ1) is 25.0. The summed E-state index contributed by atoms with van der Waals surface area (Å²) in [6.45, 7) is 15.3. The lowest BCUT2D eigenvalue weighted by atomic mass is 9.61. The van der Waals surface area contributed by atoms with Crippen molar-refractivity contribution in [1.29, 1.82) is 0 Å². The van der Waals surface area contributed by atoms with E-state index in [1.54, 1.807) is 4.90 Å². The number of halogens is 1. The third-order valence-corrected chi connectivity index (χ3v) is 9.38. The van der Waals surface area contributed by atoms with E-state index in [-0.39, 0.29) is 23.1 Å². The number of anilines is 1. The summed E-state index contributed by atoms with van der Waals surface area (Å²) in [5.41, 5.74) is 0.364. The van der Waals surface area contributed by atoms with E-state index in [9.17, 15) is 9.59 Å². The number of amides is 2. The number of hydrogen-bond acceptors (Lipinski definition) is 6. The molecule has 9 nitrogen and oxygen atoms in total. The third-order valence-electron chi connectivity index (χ3n) is 8.12. The largest absolute Gasteiger partial charge is 0.444 e. The second kappa shape index (κ2) is 7.89. The number of ether oxygens (including phenoxy) is 2. The number of carbonyl (C=O) groups excluding carboxylic acids is 2. The van der Waals surface area contributed by atoms with Gasteiger partial charge in [0.05, 0.1) is 21.9 Å². The highest BCUT2D eigenvalue weighted by Crippen LogP contribution is 2.55. The Morgan fingerprint density at radius 2 is 1.86 bits per heavy atom. The van der Waals surface area contributed by atoms with Crippen LogP contribution in [-0.2, 0) is 9.47 Å². The van der Waals surface area contributed by atoms with Crippen LogP contribution in [0.1, 0.15) is 72.0 Å². The molecule has 3 aliphatic heterocycles. The summed E-state index contributed by atoms with van der Waals surface area (Å²) < 4.78 is 14.8. The van der Waals surface area contributed by atoms with E-state index in [1.165, 1.54) is 9.26 Å². The molecule has 0 radical (unpaired) electrons. The topological polar surface area (TPSA) is 80.1 Å². The van der Waals surface area contributed by atoms with Gasteiger partial charge in [0.2, 0.25) is 0 Å². The fraction of sp³-hybridized carbons (Fsp3) is 0.800. The van der Waals surface area contributed by atoms with Crippen molar-refractivity contribution in [2.24, 2.45) is 5.41 Å². The minimum Gasteiger partial charge on any atom is -0.444 e. The van der Waals surface area contributed by atoms with Gasteiger partial charge in [0.1, 0.15) is 11.2 Å². The lowest BCUT2D eigenvalue weighted by Crippen LogP contribution is -2.64. The van der Waals surface area contributed by atoms with Gasteiger partial charge in [-0.3, -0.25) is 4.68 Å². The molecule has 0 bridgehead atoms. The Labute approximate surface area is 221 Å². The molecule has 5 rings (SSSR count). The zero-order valence-electron chi connectivity index (χ0n) is 22.0. The van der Waals surface area contributed by atoms with Crippen LogP contribution in [0.3, 0.4) is 0 Å². The molecule has 3 saturated heterocycles. The van der Waals surface area contributed by atoms with Crippen LogP contribution in [0.25, 0.3) is 0 Å². The van der Waals surface area contributed by atoms with Crippen LogP contribution in [0.2, 0.25) is 0 Å².